The predicted octanol–water partition coefficient (Wildman–Crippen LogP) is 5.37. The Morgan fingerprint density at radius 1 is 0.900 bits per heavy atom. The van der Waals surface area contributed by atoms with Gasteiger partial charge < -0.3 is 5.32 Å². The molecular weight excluding hydrogens is 313 g/mol. The van der Waals surface area contributed by atoms with E-state index in [2.05, 4.69) is 12.2 Å². The topological polar surface area (TPSA) is 12.0 Å². The summed E-state index contributed by atoms with van der Waals surface area (Å²) in [6, 6.07) is 13.7. The normalized spacial score (nSPS) is 12.4. The van der Waals surface area contributed by atoms with Crippen LogP contribution in [0.1, 0.15) is 18.1 Å². The fourth-order valence-electron chi connectivity index (χ4n) is 2.04. The maximum Gasteiger partial charge on any atom is 0.0465 e. The summed E-state index contributed by atoms with van der Waals surface area (Å²) in [7, 11) is 0. The Morgan fingerprint density at radius 3 is 2.15 bits per heavy atom. The quantitative estimate of drug-likeness (QED) is 0.778. The van der Waals surface area contributed by atoms with Crippen LogP contribution in [0.2, 0.25) is 15.1 Å². The van der Waals surface area contributed by atoms with E-state index in [4.69, 9.17) is 34.8 Å². The molecule has 0 aliphatic rings. The molecule has 0 radical (unpaired) electrons. The Bertz CT molecular complexity index is 563. The number of benzene rings is 2. The highest BCUT2D eigenvalue weighted by Crippen LogP contribution is 2.24. The molecule has 2 rings (SSSR count). The molecule has 2 aromatic carbocycles. The Balaban J connectivity index is 1.96. The molecule has 1 unspecified atom stereocenters. The van der Waals surface area contributed by atoms with Crippen LogP contribution in [0, 0.1) is 0 Å². The molecule has 20 heavy (non-hydrogen) atoms. The van der Waals surface area contributed by atoms with Gasteiger partial charge in [0.1, 0.15) is 0 Å². The molecular formula is C16H16Cl3N. The molecule has 0 saturated carbocycles. The van der Waals surface area contributed by atoms with Crippen molar-refractivity contribution in [1.29, 1.82) is 0 Å². The minimum atomic E-state index is 0.280. The second-order valence-electron chi connectivity index (χ2n) is 4.78. The predicted molar refractivity (Wildman–Crippen MR) is 87.9 cm³/mol. The van der Waals surface area contributed by atoms with Crippen LogP contribution in [0.5, 0.6) is 0 Å². The van der Waals surface area contributed by atoms with E-state index in [1.807, 2.05) is 42.5 Å². The standard InChI is InChI=1S/C16H16Cl3N/c1-11(9-12-5-2-3-6-14(12)17)20-10-13-15(18)7-4-8-16(13)19/h2-8,11,20H,9-10H2,1H3. The van der Waals surface area contributed by atoms with Crippen molar-refractivity contribution in [3.8, 4) is 0 Å². The first-order chi connectivity index (χ1) is 9.58. The van der Waals surface area contributed by atoms with E-state index in [-0.39, 0.29) is 6.04 Å². The Hall–Kier alpha value is -0.730. The number of halogens is 3. The lowest BCUT2D eigenvalue weighted by molar-refractivity contribution is 0.545. The van der Waals surface area contributed by atoms with E-state index in [9.17, 15) is 0 Å². The molecule has 0 aromatic heterocycles. The number of nitrogens with one attached hydrogen (secondary N) is 1. The van der Waals surface area contributed by atoms with Gasteiger partial charge >= 0.3 is 0 Å². The molecule has 0 fully saturated rings. The van der Waals surface area contributed by atoms with E-state index in [0.717, 1.165) is 22.6 Å². The van der Waals surface area contributed by atoms with Gasteiger partial charge in [0.15, 0.2) is 0 Å². The van der Waals surface area contributed by atoms with Gasteiger partial charge in [-0.15, -0.1) is 0 Å². The van der Waals surface area contributed by atoms with Crippen LogP contribution >= 0.6 is 34.8 Å². The molecule has 0 spiro atoms. The van der Waals surface area contributed by atoms with Gasteiger partial charge in [0, 0.05) is 33.2 Å². The molecule has 0 amide bonds. The van der Waals surface area contributed by atoms with E-state index >= 15 is 0 Å². The summed E-state index contributed by atoms with van der Waals surface area (Å²) in [5, 5.41) is 5.61. The molecule has 1 atom stereocenters. The van der Waals surface area contributed by atoms with Crippen molar-refractivity contribution in [3.63, 3.8) is 0 Å². The smallest absolute Gasteiger partial charge is 0.0465 e. The zero-order valence-corrected chi connectivity index (χ0v) is 13.4. The maximum atomic E-state index is 6.17. The summed E-state index contributed by atoms with van der Waals surface area (Å²) in [6.07, 6.45) is 0.863. The van der Waals surface area contributed by atoms with Gasteiger partial charge in [-0.1, -0.05) is 59.1 Å². The second kappa shape index (κ2) is 7.33. The van der Waals surface area contributed by atoms with Crippen molar-refractivity contribution in [2.45, 2.75) is 25.9 Å². The molecule has 106 valence electrons. The zero-order chi connectivity index (χ0) is 14.5. The second-order valence-corrected chi connectivity index (χ2v) is 6.00. The fraction of sp³-hybridized carbons (Fsp3) is 0.250. The molecule has 0 heterocycles. The highest BCUT2D eigenvalue weighted by molar-refractivity contribution is 6.36. The summed E-state index contributed by atoms with van der Waals surface area (Å²) >= 11 is 18.5. The third kappa shape index (κ3) is 4.13. The van der Waals surface area contributed by atoms with E-state index in [0.29, 0.717) is 16.6 Å². The van der Waals surface area contributed by atoms with Crippen LogP contribution < -0.4 is 5.32 Å². The van der Waals surface area contributed by atoms with Gasteiger partial charge in [0.25, 0.3) is 0 Å². The van der Waals surface area contributed by atoms with E-state index in [1.165, 1.54) is 0 Å². The van der Waals surface area contributed by atoms with Crippen molar-refractivity contribution in [2.75, 3.05) is 0 Å². The summed E-state index contributed by atoms with van der Waals surface area (Å²) in [4.78, 5) is 0. The largest absolute Gasteiger partial charge is 0.310 e. The molecule has 0 saturated heterocycles. The molecule has 0 aliphatic heterocycles. The molecule has 4 heteroatoms. The molecule has 1 nitrogen and oxygen atoms in total. The average Bonchev–Trinajstić information content (AvgIpc) is 2.41. The van der Waals surface area contributed by atoms with Crippen molar-refractivity contribution < 1.29 is 0 Å². The molecule has 0 bridgehead atoms. The van der Waals surface area contributed by atoms with Crippen molar-refractivity contribution >= 4 is 34.8 Å². The number of hydrogen-bond acceptors (Lipinski definition) is 1. The Labute approximate surface area is 134 Å². The zero-order valence-electron chi connectivity index (χ0n) is 11.2. The molecule has 0 aliphatic carbocycles. The first kappa shape index (κ1) is 15.7. The fourth-order valence-corrected chi connectivity index (χ4v) is 2.79. The molecule has 2 aromatic rings. The Kier molecular flexibility index (Phi) is 5.74. The van der Waals surface area contributed by atoms with Crippen LogP contribution in [0.25, 0.3) is 0 Å². The SMILES string of the molecule is CC(Cc1ccccc1Cl)NCc1c(Cl)cccc1Cl. The van der Waals surface area contributed by atoms with Crippen LogP contribution in [0.4, 0.5) is 0 Å². The first-order valence-electron chi connectivity index (χ1n) is 6.47. The third-order valence-corrected chi connectivity index (χ3v) is 4.25. The lowest BCUT2D eigenvalue weighted by Crippen LogP contribution is -2.27. The summed E-state index contributed by atoms with van der Waals surface area (Å²) < 4.78 is 0. The van der Waals surface area contributed by atoms with Crippen LogP contribution in [0.3, 0.4) is 0 Å². The van der Waals surface area contributed by atoms with Crippen molar-refractivity contribution in [3.05, 3.63) is 68.7 Å². The van der Waals surface area contributed by atoms with Crippen molar-refractivity contribution in [1.82, 2.24) is 5.32 Å². The number of hydrogen-bond donors (Lipinski definition) is 1. The minimum Gasteiger partial charge on any atom is -0.310 e. The highest BCUT2D eigenvalue weighted by Gasteiger charge is 2.09. The van der Waals surface area contributed by atoms with E-state index in [1.54, 1.807) is 0 Å². The van der Waals surface area contributed by atoms with Crippen LogP contribution in [-0.4, -0.2) is 6.04 Å². The maximum absolute atomic E-state index is 6.17. The minimum absolute atomic E-state index is 0.280. The van der Waals surface area contributed by atoms with Crippen molar-refractivity contribution in [2.24, 2.45) is 0 Å². The highest BCUT2D eigenvalue weighted by atomic mass is 35.5. The van der Waals surface area contributed by atoms with Gasteiger partial charge in [-0.05, 0) is 37.1 Å². The Morgan fingerprint density at radius 2 is 1.50 bits per heavy atom. The van der Waals surface area contributed by atoms with Gasteiger partial charge in [0.2, 0.25) is 0 Å². The lowest BCUT2D eigenvalue weighted by atomic mass is 10.1. The van der Waals surface area contributed by atoms with Gasteiger partial charge in [0.05, 0.1) is 0 Å². The van der Waals surface area contributed by atoms with Gasteiger partial charge in [-0.3, -0.25) is 0 Å². The lowest BCUT2D eigenvalue weighted by Gasteiger charge is -2.16. The first-order valence-corrected chi connectivity index (χ1v) is 7.61. The number of rotatable bonds is 5. The van der Waals surface area contributed by atoms with Gasteiger partial charge in [-0.25, -0.2) is 0 Å². The monoisotopic (exact) mass is 327 g/mol. The summed E-state index contributed by atoms with van der Waals surface area (Å²) in [6.45, 7) is 2.76. The third-order valence-electron chi connectivity index (χ3n) is 3.17. The summed E-state index contributed by atoms with van der Waals surface area (Å²) in [5.41, 5.74) is 2.07. The van der Waals surface area contributed by atoms with E-state index < -0.39 is 0 Å². The summed E-state index contributed by atoms with van der Waals surface area (Å²) in [5.74, 6) is 0. The average molecular weight is 329 g/mol. The van der Waals surface area contributed by atoms with Crippen LogP contribution in [0.15, 0.2) is 42.5 Å². The van der Waals surface area contributed by atoms with Crippen LogP contribution in [-0.2, 0) is 13.0 Å². The van der Waals surface area contributed by atoms with Gasteiger partial charge in [-0.2, -0.15) is 0 Å². The molecule has 1 N–H and O–H groups in total.